The fraction of sp³-hybridized carbons (Fsp3) is 0.424. The lowest BCUT2D eigenvalue weighted by molar-refractivity contribution is -0.160. The van der Waals surface area contributed by atoms with Gasteiger partial charge < -0.3 is 23.9 Å². The molecule has 0 bridgehead atoms. The predicted octanol–water partition coefficient (Wildman–Crippen LogP) is 4.73. The Morgan fingerprint density at radius 2 is 1.88 bits per heavy atom. The topological polar surface area (TPSA) is 103 Å². The second-order valence-electron chi connectivity index (χ2n) is 12.0. The maximum Gasteiger partial charge on any atom is 0.337 e. The van der Waals surface area contributed by atoms with Crippen LogP contribution in [0.2, 0.25) is 0 Å². The van der Waals surface area contributed by atoms with Crippen LogP contribution < -0.4 is 10.3 Å². The Labute approximate surface area is 244 Å². The molecule has 4 heterocycles. The highest BCUT2D eigenvalue weighted by molar-refractivity contribution is 6.08. The van der Waals surface area contributed by atoms with Gasteiger partial charge in [-0.25, -0.2) is 4.79 Å². The van der Waals surface area contributed by atoms with E-state index in [1.54, 1.807) is 16.8 Å². The molecule has 0 radical (unpaired) electrons. The molecule has 1 N–H and O–H groups in total. The van der Waals surface area contributed by atoms with Gasteiger partial charge in [-0.2, -0.15) is 0 Å². The minimum Gasteiger partial charge on any atom is -0.493 e. The van der Waals surface area contributed by atoms with Crippen molar-refractivity contribution in [1.29, 1.82) is 0 Å². The number of pyridine rings is 2. The Morgan fingerprint density at radius 3 is 2.62 bits per heavy atom. The second-order valence-corrected chi connectivity index (χ2v) is 12.0. The SMILES string of the molecule is Cc1cc2c(ccc(=O)n2CCN2CCOCC2)c(-c2ccc3c4c(ccnc24)CCO3)c1[C@H](OC(C)(C)C)C(=O)O. The van der Waals surface area contributed by atoms with Gasteiger partial charge in [-0.15, -0.1) is 0 Å². The number of aryl methyl sites for hydroxylation is 1. The number of hydrogen-bond acceptors (Lipinski definition) is 7. The number of aromatic nitrogens is 2. The summed E-state index contributed by atoms with van der Waals surface area (Å²) in [6.07, 6.45) is 1.33. The van der Waals surface area contributed by atoms with E-state index in [2.05, 4.69) is 4.90 Å². The quantitative estimate of drug-likeness (QED) is 0.340. The molecule has 4 aromatic rings. The zero-order valence-corrected chi connectivity index (χ0v) is 24.6. The molecule has 9 nitrogen and oxygen atoms in total. The van der Waals surface area contributed by atoms with Crippen LogP contribution in [0.4, 0.5) is 0 Å². The summed E-state index contributed by atoms with van der Waals surface area (Å²) >= 11 is 0. The first kappa shape index (κ1) is 28.3. The average molecular weight is 572 g/mol. The van der Waals surface area contributed by atoms with Gasteiger partial charge in [0.15, 0.2) is 6.10 Å². The van der Waals surface area contributed by atoms with Crippen molar-refractivity contribution in [2.24, 2.45) is 0 Å². The molecule has 2 aliphatic heterocycles. The van der Waals surface area contributed by atoms with Crippen molar-refractivity contribution in [2.75, 3.05) is 39.5 Å². The van der Waals surface area contributed by atoms with Crippen molar-refractivity contribution in [2.45, 2.75) is 52.4 Å². The number of ether oxygens (including phenoxy) is 3. The smallest absolute Gasteiger partial charge is 0.337 e. The summed E-state index contributed by atoms with van der Waals surface area (Å²) in [6.45, 7) is 12.3. The van der Waals surface area contributed by atoms with E-state index in [9.17, 15) is 14.7 Å². The number of aliphatic carboxylic acids is 1. The fourth-order valence-electron chi connectivity index (χ4n) is 6.20. The summed E-state index contributed by atoms with van der Waals surface area (Å²) in [7, 11) is 0. The van der Waals surface area contributed by atoms with Gasteiger partial charge in [-0.1, -0.05) is 0 Å². The lowest BCUT2D eigenvalue weighted by atomic mass is 9.86. The molecular weight excluding hydrogens is 534 g/mol. The molecule has 0 unspecified atom stereocenters. The van der Waals surface area contributed by atoms with E-state index >= 15 is 0 Å². The molecule has 220 valence electrons. The molecule has 9 heteroatoms. The number of benzene rings is 2. The van der Waals surface area contributed by atoms with Crippen molar-refractivity contribution in [3.63, 3.8) is 0 Å². The van der Waals surface area contributed by atoms with Crippen molar-refractivity contribution in [3.05, 3.63) is 69.6 Å². The molecule has 1 saturated heterocycles. The summed E-state index contributed by atoms with van der Waals surface area (Å²) < 4.78 is 19.5. The molecule has 6 rings (SSSR count). The van der Waals surface area contributed by atoms with Crippen molar-refractivity contribution in [3.8, 4) is 16.9 Å². The monoisotopic (exact) mass is 571 g/mol. The standard InChI is InChI=1S/C33H37N3O6/c1-20-19-24-22(6-8-26(37)36(24)13-12-35-14-17-40-18-15-35)29(27(20)31(32(38)39)42-33(2,3)4)23-5-7-25-28-21(10-16-41-25)9-11-34-30(23)28/h5-9,11,19,31H,10,12-18H2,1-4H3,(H,38,39)/t31-/m0/s1. The van der Waals surface area contributed by atoms with Gasteiger partial charge >= 0.3 is 5.97 Å². The van der Waals surface area contributed by atoms with Crippen LogP contribution in [-0.2, 0) is 27.2 Å². The molecule has 0 amide bonds. The van der Waals surface area contributed by atoms with Gasteiger partial charge in [-0.3, -0.25) is 14.7 Å². The van der Waals surface area contributed by atoms with Gasteiger partial charge in [0.25, 0.3) is 5.56 Å². The molecule has 0 saturated carbocycles. The minimum absolute atomic E-state index is 0.0991. The number of rotatable bonds is 7. The number of hydrogen-bond donors (Lipinski definition) is 1. The molecule has 2 aliphatic rings. The normalized spacial score (nSPS) is 16.5. The molecular formula is C33H37N3O6. The number of nitrogens with zero attached hydrogens (tertiary/aromatic N) is 3. The van der Waals surface area contributed by atoms with Crippen LogP contribution in [-0.4, -0.2) is 70.6 Å². The minimum atomic E-state index is -1.24. The molecule has 0 spiro atoms. The van der Waals surface area contributed by atoms with Crippen LogP contribution in [0.3, 0.4) is 0 Å². The summed E-state index contributed by atoms with van der Waals surface area (Å²) in [6, 6.07) is 11.2. The van der Waals surface area contributed by atoms with E-state index < -0.39 is 17.7 Å². The fourth-order valence-corrected chi connectivity index (χ4v) is 6.20. The largest absolute Gasteiger partial charge is 0.493 e. The lowest BCUT2D eigenvalue weighted by Crippen LogP contribution is -2.39. The number of fused-ring (bicyclic) bond motifs is 1. The summed E-state index contributed by atoms with van der Waals surface area (Å²) in [5, 5.41) is 12.2. The van der Waals surface area contributed by atoms with E-state index in [1.807, 2.05) is 58.0 Å². The zero-order chi connectivity index (χ0) is 29.6. The van der Waals surface area contributed by atoms with Crippen LogP contribution in [0, 0.1) is 6.92 Å². The van der Waals surface area contributed by atoms with Crippen molar-refractivity contribution < 1.29 is 24.1 Å². The van der Waals surface area contributed by atoms with Crippen LogP contribution in [0.1, 0.15) is 43.6 Å². The number of carboxylic acids is 1. The van der Waals surface area contributed by atoms with Crippen LogP contribution in [0.15, 0.2) is 47.4 Å². The highest BCUT2D eigenvalue weighted by atomic mass is 16.5. The molecule has 2 aromatic carbocycles. The first-order valence-electron chi connectivity index (χ1n) is 14.5. The Kier molecular flexibility index (Phi) is 7.51. The maximum atomic E-state index is 13.3. The average Bonchev–Trinajstić information content (AvgIpc) is 2.96. The van der Waals surface area contributed by atoms with Gasteiger partial charge in [0.2, 0.25) is 0 Å². The third kappa shape index (κ3) is 5.28. The third-order valence-corrected chi connectivity index (χ3v) is 8.08. The molecule has 42 heavy (non-hydrogen) atoms. The van der Waals surface area contributed by atoms with E-state index in [-0.39, 0.29) is 5.56 Å². The van der Waals surface area contributed by atoms with Crippen molar-refractivity contribution >= 4 is 27.8 Å². The number of morpholine rings is 1. The molecule has 1 fully saturated rings. The molecule has 0 aliphatic carbocycles. The highest BCUT2D eigenvalue weighted by Crippen LogP contribution is 2.44. The molecule has 1 atom stereocenters. The van der Waals surface area contributed by atoms with E-state index in [1.165, 1.54) is 0 Å². The third-order valence-electron chi connectivity index (χ3n) is 8.08. The second kappa shape index (κ2) is 11.1. The predicted molar refractivity (Wildman–Crippen MR) is 161 cm³/mol. The Morgan fingerprint density at radius 1 is 1.10 bits per heavy atom. The van der Waals surface area contributed by atoms with Crippen molar-refractivity contribution in [1.82, 2.24) is 14.5 Å². The highest BCUT2D eigenvalue weighted by Gasteiger charge is 2.33. The number of carbonyl (C=O) groups is 1. The Balaban J connectivity index is 1.64. The van der Waals surface area contributed by atoms with Crippen LogP contribution in [0.5, 0.6) is 5.75 Å². The van der Waals surface area contributed by atoms with Gasteiger partial charge in [0.1, 0.15) is 5.75 Å². The summed E-state index contributed by atoms with van der Waals surface area (Å²) in [4.78, 5) is 33.2. The summed E-state index contributed by atoms with van der Waals surface area (Å²) in [5.41, 5.74) is 4.61. The first-order chi connectivity index (χ1) is 20.1. The maximum absolute atomic E-state index is 13.3. The van der Waals surface area contributed by atoms with E-state index in [0.717, 1.165) is 63.8 Å². The molecule has 2 aromatic heterocycles. The van der Waals surface area contributed by atoms with Gasteiger partial charge in [-0.05, 0) is 74.7 Å². The Hall–Kier alpha value is -3.79. The first-order valence-corrected chi connectivity index (χ1v) is 14.5. The number of carboxylic acid groups (broad SMARTS) is 1. The van der Waals surface area contributed by atoms with E-state index in [0.29, 0.717) is 44.0 Å². The van der Waals surface area contributed by atoms with Crippen LogP contribution >= 0.6 is 0 Å². The van der Waals surface area contributed by atoms with Crippen LogP contribution in [0.25, 0.3) is 32.9 Å². The van der Waals surface area contributed by atoms with Gasteiger partial charge in [0, 0.05) is 66.8 Å². The van der Waals surface area contributed by atoms with E-state index in [4.69, 9.17) is 19.2 Å². The Bertz CT molecular complexity index is 1720. The zero-order valence-electron chi connectivity index (χ0n) is 24.6. The lowest BCUT2D eigenvalue weighted by Gasteiger charge is -2.30. The van der Waals surface area contributed by atoms with Gasteiger partial charge in [0.05, 0.1) is 36.5 Å². The summed E-state index contributed by atoms with van der Waals surface area (Å²) in [5.74, 6) is -0.307.